The van der Waals surface area contributed by atoms with E-state index in [0.29, 0.717) is 17.6 Å². The van der Waals surface area contributed by atoms with Crippen molar-refractivity contribution >= 4 is 0 Å². The number of hydrogen-bond donors (Lipinski definition) is 1. The molecule has 0 aliphatic carbocycles. The van der Waals surface area contributed by atoms with Crippen molar-refractivity contribution in [1.82, 2.24) is 15.5 Å². The first-order chi connectivity index (χ1) is 9.74. The zero-order chi connectivity index (χ0) is 13.9. The van der Waals surface area contributed by atoms with Gasteiger partial charge in [-0.2, -0.15) is 4.98 Å². The summed E-state index contributed by atoms with van der Waals surface area (Å²) < 4.78 is 5.41. The van der Waals surface area contributed by atoms with Gasteiger partial charge in [0.2, 0.25) is 11.7 Å². The summed E-state index contributed by atoms with van der Waals surface area (Å²) >= 11 is 0. The van der Waals surface area contributed by atoms with Gasteiger partial charge in [0.05, 0.1) is 6.04 Å². The van der Waals surface area contributed by atoms with E-state index in [2.05, 4.69) is 53.6 Å². The van der Waals surface area contributed by atoms with Crippen LogP contribution in [0.15, 0.2) is 28.8 Å². The normalized spacial score (nSPS) is 19.4. The highest BCUT2D eigenvalue weighted by Gasteiger charge is 2.21. The predicted octanol–water partition coefficient (Wildman–Crippen LogP) is 3.67. The Morgan fingerprint density at radius 3 is 2.65 bits per heavy atom. The van der Waals surface area contributed by atoms with E-state index in [0.717, 1.165) is 18.5 Å². The van der Waals surface area contributed by atoms with Crippen molar-refractivity contribution in [2.75, 3.05) is 6.54 Å². The molecule has 2 heterocycles. The first-order valence-corrected chi connectivity index (χ1v) is 7.41. The van der Waals surface area contributed by atoms with Crippen LogP contribution in [0.1, 0.15) is 56.5 Å². The van der Waals surface area contributed by atoms with Gasteiger partial charge in [0.15, 0.2) is 0 Å². The molecule has 106 valence electrons. The van der Waals surface area contributed by atoms with Gasteiger partial charge in [0.25, 0.3) is 0 Å². The summed E-state index contributed by atoms with van der Waals surface area (Å²) in [7, 11) is 0. The Labute approximate surface area is 119 Å². The van der Waals surface area contributed by atoms with Crippen molar-refractivity contribution in [3.05, 3.63) is 35.7 Å². The second-order valence-corrected chi connectivity index (χ2v) is 5.74. The Morgan fingerprint density at radius 1 is 1.20 bits per heavy atom. The summed E-state index contributed by atoms with van der Waals surface area (Å²) in [5.41, 5.74) is 2.34. The molecule has 1 atom stereocenters. The van der Waals surface area contributed by atoms with E-state index in [1.54, 1.807) is 0 Å². The Hall–Kier alpha value is -1.68. The van der Waals surface area contributed by atoms with E-state index in [9.17, 15) is 0 Å². The van der Waals surface area contributed by atoms with Gasteiger partial charge in [-0.3, -0.25) is 0 Å². The molecule has 4 nitrogen and oxygen atoms in total. The fourth-order valence-electron chi connectivity index (χ4n) is 2.57. The number of benzene rings is 1. The summed E-state index contributed by atoms with van der Waals surface area (Å²) in [6, 6.07) is 8.63. The molecule has 0 saturated carbocycles. The molecule has 0 bridgehead atoms. The van der Waals surface area contributed by atoms with Crippen molar-refractivity contribution in [1.29, 1.82) is 0 Å². The molecule has 1 aromatic heterocycles. The van der Waals surface area contributed by atoms with Crippen LogP contribution >= 0.6 is 0 Å². The summed E-state index contributed by atoms with van der Waals surface area (Å²) in [5, 5.41) is 7.54. The van der Waals surface area contributed by atoms with Crippen molar-refractivity contribution in [3.8, 4) is 11.4 Å². The standard InChI is InChI=1S/C16H21N3O/c1-11(2)12-6-8-13(9-7-12)15-18-16(20-19-15)14-5-3-4-10-17-14/h6-9,11,14,17H,3-5,10H2,1-2H3. The van der Waals surface area contributed by atoms with Gasteiger partial charge >= 0.3 is 0 Å². The molecule has 4 heteroatoms. The lowest BCUT2D eigenvalue weighted by molar-refractivity contribution is 0.297. The van der Waals surface area contributed by atoms with Gasteiger partial charge in [0, 0.05) is 5.56 Å². The van der Waals surface area contributed by atoms with Crippen LogP contribution in [-0.2, 0) is 0 Å². The topological polar surface area (TPSA) is 51.0 Å². The van der Waals surface area contributed by atoms with E-state index >= 15 is 0 Å². The van der Waals surface area contributed by atoms with E-state index in [4.69, 9.17) is 4.52 Å². The molecule has 20 heavy (non-hydrogen) atoms. The maximum Gasteiger partial charge on any atom is 0.244 e. The van der Waals surface area contributed by atoms with Crippen molar-refractivity contribution < 1.29 is 4.52 Å². The monoisotopic (exact) mass is 271 g/mol. The van der Waals surface area contributed by atoms with Crippen LogP contribution in [0, 0.1) is 0 Å². The molecule has 1 saturated heterocycles. The lowest BCUT2D eigenvalue weighted by Crippen LogP contribution is -2.26. The summed E-state index contributed by atoms with van der Waals surface area (Å²) in [5.74, 6) is 1.94. The van der Waals surface area contributed by atoms with E-state index < -0.39 is 0 Å². The van der Waals surface area contributed by atoms with E-state index in [-0.39, 0.29) is 6.04 Å². The lowest BCUT2D eigenvalue weighted by atomic mass is 10.0. The van der Waals surface area contributed by atoms with E-state index in [1.807, 2.05) is 0 Å². The molecule has 2 aromatic rings. The van der Waals surface area contributed by atoms with Crippen LogP contribution in [0.5, 0.6) is 0 Å². The second kappa shape index (κ2) is 5.75. The minimum absolute atomic E-state index is 0.222. The average Bonchev–Trinajstić information content (AvgIpc) is 2.98. The molecular formula is C16H21N3O. The molecule has 0 radical (unpaired) electrons. The molecular weight excluding hydrogens is 250 g/mol. The van der Waals surface area contributed by atoms with Gasteiger partial charge in [0.1, 0.15) is 0 Å². The third kappa shape index (κ3) is 2.75. The van der Waals surface area contributed by atoms with E-state index in [1.165, 1.54) is 18.4 Å². The quantitative estimate of drug-likeness (QED) is 0.925. The van der Waals surface area contributed by atoms with Crippen LogP contribution in [0.2, 0.25) is 0 Å². The second-order valence-electron chi connectivity index (χ2n) is 5.74. The van der Waals surface area contributed by atoms with Crippen LogP contribution in [0.4, 0.5) is 0 Å². The third-order valence-electron chi connectivity index (χ3n) is 3.89. The number of nitrogens with one attached hydrogen (secondary N) is 1. The molecule has 0 amide bonds. The van der Waals surface area contributed by atoms with Crippen LogP contribution in [-0.4, -0.2) is 16.7 Å². The third-order valence-corrected chi connectivity index (χ3v) is 3.89. The minimum atomic E-state index is 0.222. The molecule has 1 unspecified atom stereocenters. The summed E-state index contributed by atoms with van der Waals surface area (Å²) in [6.45, 7) is 5.41. The highest BCUT2D eigenvalue weighted by atomic mass is 16.5. The Bertz CT molecular complexity index is 553. The number of aromatic nitrogens is 2. The molecule has 1 aliphatic rings. The molecule has 0 spiro atoms. The Kier molecular flexibility index (Phi) is 3.83. The van der Waals surface area contributed by atoms with Crippen molar-refractivity contribution in [2.45, 2.75) is 45.1 Å². The van der Waals surface area contributed by atoms with Gasteiger partial charge in [-0.15, -0.1) is 0 Å². The maximum absolute atomic E-state index is 5.41. The number of hydrogen-bond acceptors (Lipinski definition) is 4. The molecule has 1 fully saturated rings. The fourth-order valence-corrected chi connectivity index (χ4v) is 2.57. The van der Waals surface area contributed by atoms with Gasteiger partial charge in [-0.25, -0.2) is 0 Å². The smallest absolute Gasteiger partial charge is 0.244 e. The fraction of sp³-hybridized carbons (Fsp3) is 0.500. The van der Waals surface area contributed by atoms with Crippen molar-refractivity contribution in [2.24, 2.45) is 0 Å². The Morgan fingerprint density at radius 2 is 2.00 bits per heavy atom. The van der Waals surface area contributed by atoms with Gasteiger partial charge < -0.3 is 9.84 Å². The van der Waals surface area contributed by atoms with Gasteiger partial charge in [-0.1, -0.05) is 49.7 Å². The van der Waals surface area contributed by atoms with Gasteiger partial charge in [-0.05, 0) is 30.9 Å². The minimum Gasteiger partial charge on any atom is -0.337 e. The summed E-state index contributed by atoms with van der Waals surface area (Å²) in [6.07, 6.45) is 3.53. The summed E-state index contributed by atoms with van der Waals surface area (Å²) in [4.78, 5) is 4.54. The predicted molar refractivity (Wildman–Crippen MR) is 78.4 cm³/mol. The number of piperidine rings is 1. The Balaban J connectivity index is 1.78. The highest BCUT2D eigenvalue weighted by Crippen LogP contribution is 2.25. The number of nitrogens with zero attached hydrogens (tertiary/aromatic N) is 2. The average molecular weight is 271 g/mol. The van der Waals surface area contributed by atoms with Crippen LogP contribution < -0.4 is 5.32 Å². The molecule has 1 aromatic carbocycles. The first-order valence-electron chi connectivity index (χ1n) is 7.41. The molecule has 1 N–H and O–H groups in total. The first kappa shape index (κ1) is 13.3. The SMILES string of the molecule is CC(C)c1ccc(-c2noc(C3CCCCN3)n2)cc1. The largest absolute Gasteiger partial charge is 0.337 e. The zero-order valence-corrected chi connectivity index (χ0v) is 12.1. The highest BCUT2D eigenvalue weighted by molar-refractivity contribution is 5.54. The lowest BCUT2D eigenvalue weighted by Gasteiger charge is -2.19. The number of rotatable bonds is 3. The van der Waals surface area contributed by atoms with Crippen LogP contribution in [0.3, 0.4) is 0 Å². The van der Waals surface area contributed by atoms with Crippen molar-refractivity contribution in [3.63, 3.8) is 0 Å². The zero-order valence-electron chi connectivity index (χ0n) is 12.1. The van der Waals surface area contributed by atoms with Crippen LogP contribution in [0.25, 0.3) is 11.4 Å². The maximum atomic E-state index is 5.41. The molecule has 1 aliphatic heterocycles. The molecule has 3 rings (SSSR count).